The summed E-state index contributed by atoms with van der Waals surface area (Å²) >= 11 is 0. The van der Waals surface area contributed by atoms with Crippen molar-refractivity contribution in [3.8, 4) is 0 Å². The van der Waals surface area contributed by atoms with Gasteiger partial charge in [-0.25, -0.2) is 9.97 Å². The first-order valence-electron chi connectivity index (χ1n) is 10.6. The molecule has 1 atom stereocenters. The molecule has 0 aliphatic carbocycles. The second kappa shape index (κ2) is 9.11. The Morgan fingerprint density at radius 3 is 2.67 bits per heavy atom. The normalized spacial score (nSPS) is 18.7. The van der Waals surface area contributed by atoms with Gasteiger partial charge in [-0.2, -0.15) is 0 Å². The van der Waals surface area contributed by atoms with E-state index in [-0.39, 0.29) is 24.2 Å². The lowest BCUT2D eigenvalue weighted by Gasteiger charge is -2.18. The average Bonchev–Trinajstić information content (AvgIpc) is 3.41. The molecule has 2 fully saturated rings. The van der Waals surface area contributed by atoms with Gasteiger partial charge in [0, 0.05) is 50.9 Å². The molecule has 1 aromatic carbocycles. The molecule has 1 unspecified atom stereocenters. The summed E-state index contributed by atoms with van der Waals surface area (Å²) in [4.78, 5) is 37.7. The Bertz CT molecular complexity index is 898. The van der Waals surface area contributed by atoms with Crippen molar-refractivity contribution >= 4 is 29.1 Å². The number of hydrogen-bond donors (Lipinski definition) is 2. The standard InChI is InChI=1S/C22H28N6O2/c1-16-25-19(14-20(26-16)27-11-5-6-12-27)23-9-10-24-22(30)17-13-21(29)28(15-17)18-7-3-2-4-8-18/h2-4,7-8,14,17H,5-6,9-13,15H2,1H3,(H,24,30)(H,23,25,26). The summed E-state index contributed by atoms with van der Waals surface area (Å²) in [7, 11) is 0. The van der Waals surface area contributed by atoms with E-state index in [9.17, 15) is 9.59 Å². The summed E-state index contributed by atoms with van der Waals surface area (Å²) in [6.45, 7) is 5.41. The molecule has 8 nitrogen and oxygen atoms in total. The van der Waals surface area contributed by atoms with E-state index in [2.05, 4.69) is 25.5 Å². The van der Waals surface area contributed by atoms with Gasteiger partial charge in [-0.1, -0.05) is 18.2 Å². The first kappa shape index (κ1) is 20.1. The highest BCUT2D eigenvalue weighted by Gasteiger charge is 2.34. The van der Waals surface area contributed by atoms with Crippen molar-refractivity contribution in [2.75, 3.05) is 47.8 Å². The smallest absolute Gasteiger partial charge is 0.227 e. The first-order valence-corrected chi connectivity index (χ1v) is 10.6. The summed E-state index contributed by atoms with van der Waals surface area (Å²) in [5.74, 6) is 2.05. The summed E-state index contributed by atoms with van der Waals surface area (Å²) in [6.07, 6.45) is 2.64. The maximum absolute atomic E-state index is 12.5. The minimum absolute atomic E-state index is 0.00891. The lowest BCUT2D eigenvalue weighted by atomic mass is 10.1. The number of hydrogen-bond acceptors (Lipinski definition) is 6. The molecular weight excluding hydrogens is 380 g/mol. The van der Waals surface area contributed by atoms with Crippen molar-refractivity contribution in [2.24, 2.45) is 5.92 Å². The molecular formula is C22H28N6O2. The van der Waals surface area contributed by atoms with E-state index < -0.39 is 0 Å². The van der Waals surface area contributed by atoms with Gasteiger partial charge in [0.05, 0.1) is 5.92 Å². The number of nitrogens with zero attached hydrogens (tertiary/aromatic N) is 4. The molecule has 8 heteroatoms. The van der Waals surface area contributed by atoms with Gasteiger partial charge >= 0.3 is 0 Å². The second-order valence-electron chi connectivity index (χ2n) is 7.81. The SMILES string of the molecule is Cc1nc(NCCNC(=O)C2CC(=O)N(c3ccccc3)C2)cc(N2CCCC2)n1. The van der Waals surface area contributed by atoms with E-state index in [0.29, 0.717) is 19.6 Å². The maximum atomic E-state index is 12.5. The van der Waals surface area contributed by atoms with Gasteiger partial charge in [0.2, 0.25) is 11.8 Å². The Balaban J connectivity index is 1.25. The Morgan fingerprint density at radius 2 is 1.90 bits per heavy atom. The van der Waals surface area contributed by atoms with Gasteiger partial charge in [-0.3, -0.25) is 9.59 Å². The fraction of sp³-hybridized carbons (Fsp3) is 0.455. The van der Waals surface area contributed by atoms with Crippen LogP contribution in [0.15, 0.2) is 36.4 Å². The number of para-hydroxylation sites is 1. The van der Waals surface area contributed by atoms with Gasteiger partial charge in [0.25, 0.3) is 0 Å². The molecule has 2 aliphatic heterocycles. The van der Waals surface area contributed by atoms with Crippen LogP contribution in [0.5, 0.6) is 0 Å². The Morgan fingerprint density at radius 1 is 1.13 bits per heavy atom. The third-order valence-electron chi connectivity index (χ3n) is 5.55. The Kier molecular flexibility index (Phi) is 6.11. The minimum atomic E-state index is -0.319. The van der Waals surface area contributed by atoms with Crippen molar-refractivity contribution in [3.05, 3.63) is 42.2 Å². The maximum Gasteiger partial charge on any atom is 0.227 e. The molecule has 158 valence electrons. The molecule has 30 heavy (non-hydrogen) atoms. The monoisotopic (exact) mass is 408 g/mol. The minimum Gasteiger partial charge on any atom is -0.368 e. The predicted octanol–water partition coefficient (Wildman–Crippen LogP) is 1.97. The zero-order valence-corrected chi connectivity index (χ0v) is 17.3. The van der Waals surface area contributed by atoms with Gasteiger partial charge in [-0.05, 0) is 31.9 Å². The molecule has 0 radical (unpaired) electrons. The zero-order chi connectivity index (χ0) is 20.9. The van der Waals surface area contributed by atoms with Crippen LogP contribution in [0.3, 0.4) is 0 Å². The molecule has 4 rings (SSSR count). The van der Waals surface area contributed by atoms with E-state index in [1.165, 1.54) is 12.8 Å². The van der Waals surface area contributed by atoms with Crippen LogP contribution in [0.1, 0.15) is 25.1 Å². The predicted molar refractivity (Wildman–Crippen MR) is 117 cm³/mol. The number of carbonyl (C=O) groups excluding carboxylic acids is 2. The molecule has 2 aliphatic rings. The second-order valence-corrected chi connectivity index (χ2v) is 7.81. The van der Waals surface area contributed by atoms with Crippen LogP contribution in [-0.4, -0.2) is 54.5 Å². The lowest BCUT2D eigenvalue weighted by molar-refractivity contribution is -0.126. The van der Waals surface area contributed by atoms with Gasteiger partial charge in [0.15, 0.2) is 0 Å². The number of benzene rings is 1. The van der Waals surface area contributed by atoms with E-state index in [4.69, 9.17) is 0 Å². The van der Waals surface area contributed by atoms with Crippen LogP contribution in [0.2, 0.25) is 0 Å². The molecule has 1 aromatic heterocycles. The Labute approximate surface area is 176 Å². The van der Waals surface area contributed by atoms with Crippen LogP contribution in [0, 0.1) is 12.8 Å². The fourth-order valence-electron chi connectivity index (χ4n) is 4.01. The van der Waals surface area contributed by atoms with Crippen LogP contribution in [0.25, 0.3) is 0 Å². The van der Waals surface area contributed by atoms with Crippen molar-refractivity contribution in [1.82, 2.24) is 15.3 Å². The summed E-state index contributed by atoms with van der Waals surface area (Å²) in [6, 6.07) is 11.4. The molecule has 3 heterocycles. The van der Waals surface area contributed by atoms with Crippen LogP contribution in [0.4, 0.5) is 17.3 Å². The van der Waals surface area contributed by atoms with E-state index in [0.717, 1.165) is 36.2 Å². The highest BCUT2D eigenvalue weighted by molar-refractivity contribution is 6.00. The summed E-state index contributed by atoms with van der Waals surface area (Å²) < 4.78 is 0. The van der Waals surface area contributed by atoms with Crippen LogP contribution < -0.4 is 20.4 Å². The average molecular weight is 409 g/mol. The molecule has 0 spiro atoms. The third-order valence-corrected chi connectivity index (χ3v) is 5.55. The number of aryl methyl sites for hydroxylation is 1. The first-order chi connectivity index (χ1) is 14.6. The van der Waals surface area contributed by atoms with E-state index in [1.807, 2.05) is 43.3 Å². The van der Waals surface area contributed by atoms with Crippen molar-refractivity contribution in [3.63, 3.8) is 0 Å². The number of anilines is 3. The number of nitrogens with one attached hydrogen (secondary N) is 2. The van der Waals surface area contributed by atoms with E-state index >= 15 is 0 Å². The third kappa shape index (κ3) is 4.69. The largest absolute Gasteiger partial charge is 0.368 e. The summed E-state index contributed by atoms with van der Waals surface area (Å²) in [5.41, 5.74) is 0.840. The molecule has 0 bridgehead atoms. The van der Waals surface area contributed by atoms with Crippen molar-refractivity contribution in [2.45, 2.75) is 26.2 Å². The van der Waals surface area contributed by atoms with Crippen molar-refractivity contribution in [1.29, 1.82) is 0 Å². The highest BCUT2D eigenvalue weighted by atomic mass is 16.2. The lowest BCUT2D eigenvalue weighted by Crippen LogP contribution is -2.35. The highest BCUT2D eigenvalue weighted by Crippen LogP contribution is 2.25. The van der Waals surface area contributed by atoms with Gasteiger partial charge in [0.1, 0.15) is 17.5 Å². The molecule has 2 aromatic rings. The Hall–Kier alpha value is -3.16. The zero-order valence-electron chi connectivity index (χ0n) is 17.3. The van der Waals surface area contributed by atoms with Crippen molar-refractivity contribution < 1.29 is 9.59 Å². The van der Waals surface area contributed by atoms with Crippen LogP contribution >= 0.6 is 0 Å². The van der Waals surface area contributed by atoms with E-state index in [1.54, 1.807) is 4.90 Å². The summed E-state index contributed by atoms with van der Waals surface area (Å²) in [5, 5.41) is 6.21. The van der Waals surface area contributed by atoms with Crippen LogP contribution in [-0.2, 0) is 9.59 Å². The molecule has 2 saturated heterocycles. The topological polar surface area (TPSA) is 90.5 Å². The number of amides is 2. The quantitative estimate of drug-likeness (QED) is 0.681. The fourth-order valence-corrected chi connectivity index (χ4v) is 4.01. The number of rotatable bonds is 7. The molecule has 0 saturated carbocycles. The molecule has 2 N–H and O–H groups in total. The number of carbonyl (C=O) groups is 2. The molecule has 2 amide bonds. The van der Waals surface area contributed by atoms with Gasteiger partial charge < -0.3 is 20.4 Å². The van der Waals surface area contributed by atoms with Gasteiger partial charge in [-0.15, -0.1) is 0 Å². The number of aromatic nitrogens is 2.